The molecule has 5 heteroatoms. The summed E-state index contributed by atoms with van der Waals surface area (Å²) >= 11 is 0. The zero-order valence-electron chi connectivity index (χ0n) is 6.99. The molecule has 0 aromatic carbocycles. The van der Waals surface area contributed by atoms with Crippen LogP contribution >= 0.6 is 0 Å². The lowest BCUT2D eigenvalue weighted by Gasteiger charge is -2.06. The third kappa shape index (κ3) is 1.42. The summed E-state index contributed by atoms with van der Waals surface area (Å²) in [5.41, 5.74) is 0.803. The van der Waals surface area contributed by atoms with Crippen molar-refractivity contribution in [3.05, 3.63) is 17.5 Å². The van der Waals surface area contributed by atoms with Crippen LogP contribution in [0.25, 0.3) is 0 Å². The van der Waals surface area contributed by atoms with E-state index in [2.05, 4.69) is 10.2 Å². The van der Waals surface area contributed by atoms with E-state index in [-0.39, 0.29) is 11.7 Å². The van der Waals surface area contributed by atoms with Crippen LogP contribution < -0.4 is 0 Å². The summed E-state index contributed by atoms with van der Waals surface area (Å²) < 4.78 is 5.35. The molecule has 2 heterocycles. The molecular formula is C8H10N2O3. The van der Waals surface area contributed by atoms with Crippen molar-refractivity contribution in [1.29, 1.82) is 0 Å². The first-order valence-corrected chi connectivity index (χ1v) is 4.17. The largest absolute Gasteiger partial charge is 0.478 e. The van der Waals surface area contributed by atoms with Crippen molar-refractivity contribution in [2.45, 2.75) is 18.9 Å². The van der Waals surface area contributed by atoms with Gasteiger partial charge in [-0.3, -0.25) is 5.10 Å². The van der Waals surface area contributed by atoms with Crippen LogP contribution in [-0.2, 0) is 4.74 Å². The summed E-state index contributed by atoms with van der Waals surface area (Å²) in [5.74, 6) is -0.959. The minimum atomic E-state index is -0.959. The summed E-state index contributed by atoms with van der Waals surface area (Å²) in [5, 5.41) is 15.2. The van der Waals surface area contributed by atoms with Gasteiger partial charge in [-0.1, -0.05) is 0 Å². The van der Waals surface area contributed by atoms with Gasteiger partial charge in [-0.05, 0) is 12.8 Å². The molecule has 1 fully saturated rings. The van der Waals surface area contributed by atoms with Crippen molar-refractivity contribution >= 4 is 5.97 Å². The number of H-pyrrole nitrogens is 1. The van der Waals surface area contributed by atoms with Gasteiger partial charge in [0.15, 0.2) is 0 Å². The van der Waals surface area contributed by atoms with Crippen molar-refractivity contribution < 1.29 is 14.6 Å². The number of aromatic amines is 1. The Bertz CT molecular complexity index is 315. The zero-order valence-corrected chi connectivity index (χ0v) is 6.99. The summed E-state index contributed by atoms with van der Waals surface area (Å²) in [7, 11) is 0. The van der Waals surface area contributed by atoms with Crippen LogP contribution in [-0.4, -0.2) is 27.9 Å². The number of hydrogen-bond acceptors (Lipinski definition) is 3. The lowest BCUT2D eigenvalue weighted by Crippen LogP contribution is -2.04. The molecule has 2 rings (SSSR count). The Balaban J connectivity index is 2.28. The van der Waals surface area contributed by atoms with E-state index in [1.54, 1.807) is 0 Å². The molecule has 1 aromatic heterocycles. The second-order valence-corrected chi connectivity index (χ2v) is 3.00. The molecule has 13 heavy (non-hydrogen) atoms. The molecule has 1 saturated heterocycles. The van der Waals surface area contributed by atoms with Crippen LogP contribution in [0.2, 0.25) is 0 Å². The second kappa shape index (κ2) is 3.18. The number of carboxylic acids is 1. The van der Waals surface area contributed by atoms with E-state index in [1.807, 2.05) is 0 Å². The molecule has 1 aliphatic rings. The van der Waals surface area contributed by atoms with E-state index in [0.29, 0.717) is 12.3 Å². The normalized spacial score (nSPS) is 22.0. The lowest BCUT2D eigenvalue weighted by atomic mass is 10.1. The Morgan fingerprint density at radius 3 is 3.23 bits per heavy atom. The van der Waals surface area contributed by atoms with Gasteiger partial charge in [0, 0.05) is 6.61 Å². The highest BCUT2D eigenvalue weighted by molar-refractivity contribution is 5.88. The lowest BCUT2D eigenvalue weighted by molar-refractivity contribution is 0.0681. The van der Waals surface area contributed by atoms with Crippen LogP contribution in [0, 0.1) is 0 Å². The molecule has 5 nitrogen and oxygen atoms in total. The number of aromatic nitrogens is 2. The molecule has 0 radical (unpaired) electrons. The molecule has 1 atom stereocenters. The molecule has 1 aromatic rings. The predicted molar refractivity (Wildman–Crippen MR) is 43.5 cm³/mol. The van der Waals surface area contributed by atoms with Gasteiger partial charge in [-0.25, -0.2) is 4.79 Å². The Kier molecular flexibility index (Phi) is 2.02. The minimum absolute atomic E-state index is 0.117. The number of carbonyl (C=O) groups is 1. The molecular weight excluding hydrogens is 172 g/mol. The average molecular weight is 182 g/mol. The first kappa shape index (κ1) is 8.25. The molecule has 2 N–H and O–H groups in total. The van der Waals surface area contributed by atoms with Crippen molar-refractivity contribution in [2.24, 2.45) is 0 Å². The number of aromatic carboxylic acids is 1. The SMILES string of the molecule is O=C(O)c1cn[nH]c1[C@H]1CCCO1. The zero-order chi connectivity index (χ0) is 9.26. The van der Waals surface area contributed by atoms with Gasteiger partial charge in [0.2, 0.25) is 0 Å². The van der Waals surface area contributed by atoms with Crippen LogP contribution in [0.4, 0.5) is 0 Å². The Morgan fingerprint density at radius 2 is 2.62 bits per heavy atom. The van der Waals surface area contributed by atoms with Gasteiger partial charge in [-0.2, -0.15) is 5.10 Å². The fraction of sp³-hybridized carbons (Fsp3) is 0.500. The van der Waals surface area contributed by atoms with Gasteiger partial charge in [0.05, 0.1) is 18.0 Å². The Labute approximate surface area is 74.7 Å². The van der Waals surface area contributed by atoms with E-state index in [0.717, 1.165) is 12.8 Å². The monoisotopic (exact) mass is 182 g/mol. The van der Waals surface area contributed by atoms with Gasteiger partial charge in [0.1, 0.15) is 5.56 Å². The second-order valence-electron chi connectivity index (χ2n) is 3.00. The number of ether oxygens (including phenoxy) is 1. The topological polar surface area (TPSA) is 75.2 Å². The Morgan fingerprint density at radius 1 is 1.77 bits per heavy atom. The molecule has 0 spiro atoms. The van der Waals surface area contributed by atoms with Crippen molar-refractivity contribution in [1.82, 2.24) is 10.2 Å². The van der Waals surface area contributed by atoms with Crippen LogP contribution in [0.5, 0.6) is 0 Å². The van der Waals surface area contributed by atoms with Gasteiger partial charge in [0.25, 0.3) is 0 Å². The van der Waals surface area contributed by atoms with Gasteiger partial charge >= 0.3 is 5.97 Å². The standard InChI is InChI=1S/C8H10N2O3/c11-8(12)5-4-9-10-7(5)6-2-1-3-13-6/h4,6H,1-3H2,(H,9,10)(H,11,12)/t6-/m1/s1. The summed E-state index contributed by atoms with van der Waals surface area (Å²) in [6, 6.07) is 0. The molecule has 70 valence electrons. The molecule has 0 unspecified atom stereocenters. The average Bonchev–Trinajstić information content (AvgIpc) is 2.74. The maximum absolute atomic E-state index is 10.7. The molecule has 1 aliphatic heterocycles. The van der Waals surface area contributed by atoms with E-state index in [4.69, 9.17) is 9.84 Å². The number of nitrogens with zero attached hydrogens (tertiary/aromatic N) is 1. The molecule has 0 aliphatic carbocycles. The van der Waals surface area contributed by atoms with E-state index in [9.17, 15) is 4.79 Å². The smallest absolute Gasteiger partial charge is 0.339 e. The predicted octanol–water partition coefficient (Wildman–Crippen LogP) is 0.959. The number of nitrogens with one attached hydrogen (secondary N) is 1. The summed E-state index contributed by atoms with van der Waals surface area (Å²) in [6.45, 7) is 0.697. The number of rotatable bonds is 2. The van der Waals surface area contributed by atoms with Crippen LogP contribution in [0.15, 0.2) is 6.20 Å². The number of carboxylic acid groups (broad SMARTS) is 1. The van der Waals surface area contributed by atoms with E-state index < -0.39 is 5.97 Å². The fourth-order valence-corrected chi connectivity index (χ4v) is 1.52. The fourth-order valence-electron chi connectivity index (χ4n) is 1.52. The Hall–Kier alpha value is -1.36. The van der Waals surface area contributed by atoms with E-state index >= 15 is 0 Å². The molecule has 0 amide bonds. The quantitative estimate of drug-likeness (QED) is 0.714. The van der Waals surface area contributed by atoms with Gasteiger partial charge < -0.3 is 9.84 Å². The van der Waals surface area contributed by atoms with E-state index in [1.165, 1.54) is 6.20 Å². The van der Waals surface area contributed by atoms with Crippen molar-refractivity contribution in [3.8, 4) is 0 Å². The third-order valence-corrected chi connectivity index (χ3v) is 2.15. The van der Waals surface area contributed by atoms with Crippen LogP contribution in [0.3, 0.4) is 0 Å². The maximum Gasteiger partial charge on any atom is 0.339 e. The van der Waals surface area contributed by atoms with Crippen molar-refractivity contribution in [2.75, 3.05) is 6.61 Å². The number of hydrogen-bond donors (Lipinski definition) is 2. The van der Waals surface area contributed by atoms with Gasteiger partial charge in [-0.15, -0.1) is 0 Å². The molecule has 0 bridgehead atoms. The maximum atomic E-state index is 10.7. The first-order valence-electron chi connectivity index (χ1n) is 4.17. The highest BCUT2D eigenvalue weighted by atomic mass is 16.5. The van der Waals surface area contributed by atoms with Crippen LogP contribution in [0.1, 0.15) is 35.0 Å². The third-order valence-electron chi connectivity index (χ3n) is 2.15. The summed E-state index contributed by atoms with van der Waals surface area (Å²) in [4.78, 5) is 10.7. The summed E-state index contributed by atoms with van der Waals surface area (Å²) in [6.07, 6.45) is 3.04. The highest BCUT2D eigenvalue weighted by Gasteiger charge is 2.24. The minimum Gasteiger partial charge on any atom is -0.478 e. The molecule has 0 saturated carbocycles. The first-order chi connectivity index (χ1) is 6.29. The van der Waals surface area contributed by atoms with Crippen molar-refractivity contribution in [3.63, 3.8) is 0 Å². The highest BCUT2D eigenvalue weighted by Crippen LogP contribution is 2.28.